The number of rotatable bonds is 14. The second-order valence-electron chi connectivity index (χ2n) is 12.7. The van der Waals surface area contributed by atoms with E-state index < -0.39 is 17.9 Å². The molecule has 0 spiro atoms. The minimum absolute atomic E-state index is 0.00867. The summed E-state index contributed by atoms with van der Waals surface area (Å²) in [6.07, 6.45) is 9.23. The van der Waals surface area contributed by atoms with Gasteiger partial charge < -0.3 is 15.7 Å². The highest BCUT2D eigenvalue weighted by molar-refractivity contribution is 6.07. The number of carbonyl (C=O) groups excluding carboxylic acids is 3. The van der Waals surface area contributed by atoms with Crippen molar-refractivity contribution in [3.05, 3.63) is 76.4 Å². The van der Waals surface area contributed by atoms with Crippen LogP contribution in [0.25, 0.3) is 6.08 Å². The van der Waals surface area contributed by atoms with Gasteiger partial charge in [-0.15, -0.1) is 0 Å². The Morgan fingerprint density at radius 1 is 0.881 bits per heavy atom. The number of fused-ring (bicyclic) bond motifs is 1. The van der Waals surface area contributed by atoms with E-state index in [2.05, 4.69) is 44.4 Å². The quantitative estimate of drug-likeness (QED) is 0.134. The fraction of sp³-hybridized carbons (Fsp3) is 0.486. The topological polar surface area (TPSA) is 113 Å². The number of allylic oxidation sites excluding steroid dienone is 1. The van der Waals surface area contributed by atoms with Crippen molar-refractivity contribution in [2.45, 2.75) is 103 Å². The standard InChI is InChI=1S/C35H46N2O5/c1-6-7-11-31(39)36-22-9-8-10-29(33(41)42)37-32(40)25-15-12-24(13-16-25)14-19-30(38)26-17-18-27-28(23-26)35(4,5)21-20-34(27,2)3/h12-19,23,29H,6-11,20-22H2,1-5H3,(H,36,39)(H,37,40)(H,41,42)/b19-14+. The first kappa shape index (κ1) is 32.8. The Balaban J connectivity index is 1.55. The molecule has 7 nitrogen and oxygen atoms in total. The fourth-order valence-electron chi connectivity index (χ4n) is 5.38. The van der Waals surface area contributed by atoms with Gasteiger partial charge >= 0.3 is 5.97 Å². The van der Waals surface area contributed by atoms with Gasteiger partial charge in [-0.05, 0) is 90.3 Å². The van der Waals surface area contributed by atoms with Crippen LogP contribution in [0.3, 0.4) is 0 Å². The van der Waals surface area contributed by atoms with Gasteiger partial charge in [0.15, 0.2) is 5.78 Å². The molecule has 0 bridgehead atoms. The summed E-state index contributed by atoms with van der Waals surface area (Å²) in [5.41, 5.74) is 4.42. The number of carboxylic acid groups (broad SMARTS) is 1. The predicted molar refractivity (Wildman–Crippen MR) is 167 cm³/mol. The number of hydrogen-bond acceptors (Lipinski definition) is 4. The number of nitrogens with one attached hydrogen (secondary N) is 2. The van der Waals surface area contributed by atoms with Gasteiger partial charge in [0.25, 0.3) is 5.91 Å². The molecule has 3 rings (SSSR count). The molecule has 1 unspecified atom stereocenters. The molecule has 0 radical (unpaired) electrons. The summed E-state index contributed by atoms with van der Waals surface area (Å²) in [5.74, 6) is -1.64. The lowest BCUT2D eigenvalue weighted by molar-refractivity contribution is -0.139. The van der Waals surface area contributed by atoms with Crippen LogP contribution in [0.1, 0.15) is 123 Å². The summed E-state index contributed by atoms with van der Waals surface area (Å²) < 4.78 is 0. The molecular formula is C35H46N2O5. The number of carbonyl (C=O) groups is 4. The number of aliphatic carboxylic acids is 1. The number of benzene rings is 2. The van der Waals surface area contributed by atoms with Crippen molar-refractivity contribution in [3.63, 3.8) is 0 Å². The number of ketones is 1. The molecule has 226 valence electrons. The van der Waals surface area contributed by atoms with E-state index in [-0.39, 0.29) is 28.9 Å². The van der Waals surface area contributed by atoms with Gasteiger partial charge in [-0.3, -0.25) is 14.4 Å². The Morgan fingerprint density at radius 3 is 2.17 bits per heavy atom. The van der Waals surface area contributed by atoms with E-state index in [0.717, 1.165) is 31.2 Å². The Labute approximate surface area is 250 Å². The molecule has 0 aromatic heterocycles. The normalized spacial score (nSPS) is 15.9. The van der Waals surface area contributed by atoms with Crippen molar-refractivity contribution in [3.8, 4) is 0 Å². The first-order valence-electron chi connectivity index (χ1n) is 15.1. The molecule has 1 aliphatic carbocycles. The number of hydrogen-bond donors (Lipinski definition) is 3. The lowest BCUT2D eigenvalue weighted by Crippen LogP contribution is -2.40. The minimum atomic E-state index is -1.09. The SMILES string of the molecule is CCCCC(=O)NCCCCC(NC(=O)c1ccc(/C=C/C(=O)c2ccc3c(c2)C(C)(C)CCC3(C)C)cc1)C(=O)O. The van der Waals surface area contributed by atoms with Gasteiger partial charge in [0.05, 0.1) is 0 Å². The molecule has 7 heteroatoms. The highest BCUT2D eigenvalue weighted by Gasteiger charge is 2.37. The molecule has 0 fully saturated rings. The molecule has 0 aliphatic heterocycles. The van der Waals surface area contributed by atoms with E-state index >= 15 is 0 Å². The van der Waals surface area contributed by atoms with Crippen LogP contribution in [0.15, 0.2) is 48.5 Å². The number of amides is 2. The average Bonchev–Trinajstić information content (AvgIpc) is 2.96. The first-order valence-corrected chi connectivity index (χ1v) is 15.1. The van der Waals surface area contributed by atoms with Crippen LogP contribution in [0.5, 0.6) is 0 Å². The average molecular weight is 575 g/mol. The van der Waals surface area contributed by atoms with Crippen LogP contribution in [-0.4, -0.2) is 41.3 Å². The number of carboxylic acids is 1. The van der Waals surface area contributed by atoms with Crippen molar-refractivity contribution in [1.29, 1.82) is 0 Å². The van der Waals surface area contributed by atoms with E-state index in [0.29, 0.717) is 36.9 Å². The van der Waals surface area contributed by atoms with Crippen LogP contribution in [0.2, 0.25) is 0 Å². The van der Waals surface area contributed by atoms with Crippen LogP contribution >= 0.6 is 0 Å². The molecular weight excluding hydrogens is 528 g/mol. The van der Waals surface area contributed by atoms with Crippen molar-refractivity contribution >= 4 is 29.6 Å². The third-order valence-corrected chi connectivity index (χ3v) is 8.34. The maximum atomic E-state index is 13.0. The fourth-order valence-corrected chi connectivity index (χ4v) is 5.38. The molecule has 0 saturated heterocycles. The molecule has 1 atom stereocenters. The van der Waals surface area contributed by atoms with E-state index in [4.69, 9.17) is 0 Å². The van der Waals surface area contributed by atoms with Crippen LogP contribution in [0.4, 0.5) is 0 Å². The molecule has 3 N–H and O–H groups in total. The zero-order valence-corrected chi connectivity index (χ0v) is 25.7. The maximum absolute atomic E-state index is 13.0. The zero-order chi connectivity index (χ0) is 30.9. The number of unbranched alkanes of at least 4 members (excludes halogenated alkanes) is 2. The van der Waals surface area contributed by atoms with Gasteiger partial charge in [0, 0.05) is 24.1 Å². The summed E-state index contributed by atoms with van der Waals surface area (Å²) in [6, 6.07) is 11.7. The molecule has 2 aromatic rings. The van der Waals surface area contributed by atoms with E-state index in [1.807, 2.05) is 19.1 Å². The van der Waals surface area contributed by atoms with Crippen LogP contribution in [-0.2, 0) is 20.4 Å². The van der Waals surface area contributed by atoms with Crippen LogP contribution in [0, 0.1) is 0 Å². The smallest absolute Gasteiger partial charge is 0.326 e. The van der Waals surface area contributed by atoms with E-state index in [1.165, 1.54) is 11.1 Å². The Morgan fingerprint density at radius 2 is 1.52 bits per heavy atom. The van der Waals surface area contributed by atoms with E-state index in [9.17, 15) is 24.3 Å². The molecule has 1 aliphatic rings. The predicted octanol–water partition coefficient (Wildman–Crippen LogP) is 6.59. The van der Waals surface area contributed by atoms with E-state index in [1.54, 1.807) is 36.4 Å². The molecule has 2 aromatic carbocycles. The molecule has 2 amide bonds. The Kier molecular flexibility index (Phi) is 11.3. The largest absolute Gasteiger partial charge is 0.480 e. The minimum Gasteiger partial charge on any atom is -0.480 e. The third kappa shape index (κ3) is 8.88. The summed E-state index contributed by atoms with van der Waals surface area (Å²) in [5, 5.41) is 15.0. The lowest BCUT2D eigenvalue weighted by Gasteiger charge is -2.42. The second-order valence-corrected chi connectivity index (χ2v) is 12.7. The Hall–Kier alpha value is -3.74. The second kappa shape index (κ2) is 14.4. The summed E-state index contributed by atoms with van der Waals surface area (Å²) in [6.45, 7) is 11.5. The summed E-state index contributed by atoms with van der Waals surface area (Å²) in [7, 11) is 0. The summed E-state index contributed by atoms with van der Waals surface area (Å²) in [4.78, 5) is 49.1. The van der Waals surface area contributed by atoms with Crippen molar-refractivity contribution < 1.29 is 24.3 Å². The zero-order valence-electron chi connectivity index (χ0n) is 25.7. The highest BCUT2D eigenvalue weighted by Crippen LogP contribution is 2.45. The van der Waals surface area contributed by atoms with Crippen molar-refractivity contribution in [2.75, 3.05) is 6.54 Å². The van der Waals surface area contributed by atoms with Crippen LogP contribution < -0.4 is 10.6 Å². The molecule has 0 heterocycles. The third-order valence-electron chi connectivity index (χ3n) is 8.34. The van der Waals surface area contributed by atoms with Gasteiger partial charge in [-0.25, -0.2) is 4.79 Å². The lowest BCUT2D eigenvalue weighted by atomic mass is 9.63. The molecule has 42 heavy (non-hydrogen) atoms. The maximum Gasteiger partial charge on any atom is 0.326 e. The summed E-state index contributed by atoms with van der Waals surface area (Å²) >= 11 is 0. The van der Waals surface area contributed by atoms with Crippen molar-refractivity contribution in [1.82, 2.24) is 10.6 Å². The van der Waals surface area contributed by atoms with Gasteiger partial charge in [-0.2, -0.15) is 0 Å². The monoisotopic (exact) mass is 574 g/mol. The first-order chi connectivity index (χ1) is 19.8. The van der Waals surface area contributed by atoms with Crippen molar-refractivity contribution in [2.24, 2.45) is 0 Å². The Bertz CT molecular complexity index is 1310. The van der Waals surface area contributed by atoms with Gasteiger partial charge in [0.2, 0.25) is 5.91 Å². The van der Waals surface area contributed by atoms with Gasteiger partial charge in [-0.1, -0.05) is 71.4 Å². The highest BCUT2D eigenvalue weighted by atomic mass is 16.4. The van der Waals surface area contributed by atoms with Gasteiger partial charge in [0.1, 0.15) is 6.04 Å². The molecule has 0 saturated carbocycles.